The maximum Gasteiger partial charge on any atom is 0.335 e. The number of amides is 3. The molecule has 2 saturated heterocycles. The largest absolute Gasteiger partial charge is 0.478 e. The van der Waals surface area contributed by atoms with E-state index >= 15 is 0 Å². The van der Waals surface area contributed by atoms with E-state index < -0.39 is 5.97 Å². The molecule has 2 aliphatic carbocycles. The Kier molecular flexibility index (Phi) is 30.6. The molecule has 2 aromatic rings. The molecule has 392 valence electrons. The zero-order valence-corrected chi connectivity index (χ0v) is 44.5. The number of carbonyl (C=O) groups excluding carboxylic acids is 3. The van der Waals surface area contributed by atoms with E-state index in [9.17, 15) is 19.2 Å². The molecule has 0 unspecified atom stereocenters. The number of nitrogens with two attached hydrogens (primary N) is 1. The number of hydrogen-bond acceptors (Lipinski definition) is 9. The Morgan fingerprint density at radius 3 is 1.51 bits per heavy atom. The first-order valence-electron chi connectivity index (χ1n) is 25.9. The van der Waals surface area contributed by atoms with E-state index in [1.54, 1.807) is 12.1 Å². The zero-order valence-electron chi connectivity index (χ0n) is 42.9. The van der Waals surface area contributed by atoms with Crippen LogP contribution in [-0.2, 0) is 32.2 Å². The third-order valence-corrected chi connectivity index (χ3v) is 13.9. The van der Waals surface area contributed by atoms with Gasteiger partial charge in [-0.1, -0.05) is 77.6 Å². The Bertz CT molecular complexity index is 1750. The number of aromatic carboxylic acids is 1. The average molecular weight is 1010 g/mol. The average Bonchev–Trinajstić information content (AvgIpc) is 3.33. The summed E-state index contributed by atoms with van der Waals surface area (Å²) in [5.74, 6) is 1.66. The lowest BCUT2D eigenvalue weighted by Crippen LogP contribution is -2.48. The van der Waals surface area contributed by atoms with Crippen LogP contribution in [0.25, 0.3) is 0 Å². The highest BCUT2D eigenvalue weighted by molar-refractivity contribution is 5.94. The summed E-state index contributed by atoms with van der Waals surface area (Å²) >= 11 is 0. The van der Waals surface area contributed by atoms with Gasteiger partial charge in [-0.15, -0.1) is 24.8 Å². The Labute approximate surface area is 427 Å². The molecule has 13 nitrogen and oxygen atoms in total. The first kappa shape index (κ1) is 61.8. The van der Waals surface area contributed by atoms with Crippen molar-refractivity contribution in [2.45, 2.75) is 144 Å². The number of likely N-dealkylation sites (tertiary alicyclic amines) is 2. The summed E-state index contributed by atoms with van der Waals surface area (Å²) in [6, 6.07) is 14.7. The molecule has 2 saturated carbocycles. The van der Waals surface area contributed by atoms with Crippen molar-refractivity contribution in [2.24, 2.45) is 41.2 Å². The van der Waals surface area contributed by atoms with Gasteiger partial charge >= 0.3 is 5.97 Å². The van der Waals surface area contributed by atoms with E-state index in [0.717, 1.165) is 75.4 Å². The predicted molar refractivity (Wildman–Crippen MR) is 282 cm³/mol. The first-order chi connectivity index (χ1) is 32.3. The van der Waals surface area contributed by atoms with Crippen LogP contribution in [0.4, 0.5) is 0 Å². The molecule has 6 atom stereocenters. The standard InChI is InChI=1S/C27H43N3O3.C15H30N2O.C12H15NO3.2ClH/c1-4-33-19-22-8-7-15-30(17-22)18-24-9-5-6-10-25(24)29-27(32)23-13-11-21(12-14-23)16-28-26(31)20(2)3;1-2-18-12-13-6-5-9-17(10-13)11-14-7-3-4-8-15(14)16;1-8(2)11(14)13-7-9-3-5-10(6-4-9)12(15)16;;/h11-14,20,22,24-25H,4-10,15-19H2,1-3H3,(H,28,31)(H,29,32);13-15H,2-12,16H2,1H3;3-6,8H,7H2,1-2H3,(H,13,14)(H,15,16);2*1H/t22-,24-,25+;13-,14-,15+;;;/m11.../s1. The van der Waals surface area contributed by atoms with Crippen LogP contribution in [0.3, 0.4) is 0 Å². The second-order valence-electron chi connectivity index (χ2n) is 20.1. The number of benzene rings is 2. The SMILES string of the molecule is CC(C)C(=O)NCc1ccc(C(=O)O)cc1.CCOC[C@@H]1CCCN(C[C@H]2CCCC[C@@H]2N)C1.CCOC[C@@H]1CCCN(C[C@H]2CCCC[C@@H]2NC(=O)c2ccc(CNC(=O)C(C)C)cc2)C1.Cl.Cl. The fourth-order valence-corrected chi connectivity index (χ4v) is 9.80. The lowest BCUT2D eigenvalue weighted by Gasteiger charge is -2.39. The molecular weight excluding hydrogens is 916 g/mol. The summed E-state index contributed by atoms with van der Waals surface area (Å²) < 4.78 is 11.3. The summed E-state index contributed by atoms with van der Waals surface area (Å²) in [6.45, 7) is 23.0. The predicted octanol–water partition coefficient (Wildman–Crippen LogP) is 8.75. The number of carbonyl (C=O) groups is 4. The molecule has 2 aliphatic heterocycles. The quantitative estimate of drug-likeness (QED) is 0.0916. The van der Waals surface area contributed by atoms with Gasteiger partial charge in [0.1, 0.15) is 0 Å². The van der Waals surface area contributed by atoms with Crippen molar-refractivity contribution in [3.63, 3.8) is 0 Å². The van der Waals surface area contributed by atoms with Gasteiger partial charge in [0.05, 0.1) is 18.8 Å². The van der Waals surface area contributed by atoms with Gasteiger partial charge in [-0.3, -0.25) is 14.4 Å². The van der Waals surface area contributed by atoms with E-state index in [0.29, 0.717) is 36.5 Å². The molecule has 6 rings (SSSR count). The van der Waals surface area contributed by atoms with Crippen LogP contribution in [0, 0.1) is 35.5 Å². The van der Waals surface area contributed by atoms with E-state index in [4.69, 9.17) is 20.3 Å². The van der Waals surface area contributed by atoms with Crippen molar-refractivity contribution in [3.8, 4) is 0 Å². The van der Waals surface area contributed by atoms with Crippen molar-refractivity contribution < 1.29 is 33.8 Å². The molecule has 3 amide bonds. The summed E-state index contributed by atoms with van der Waals surface area (Å²) in [6.07, 6.45) is 15.2. The highest BCUT2D eigenvalue weighted by Crippen LogP contribution is 2.29. The van der Waals surface area contributed by atoms with Crippen LogP contribution >= 0.6 is 24.8 Å². The van der Waals surface area contributed by atoms with Gasteiger partial charge in [0.25, 0.3) is 5.91 Å². The van der Waals surface area contributed by atoms with Crippen molar-refractivity contribution >= 4 is 48.5 Å². The number of carboxylic acid groups (broad SMARTS) is 1. The highest BCUT2D eigenvalue weighted by atomic mass is 35.5. The van der Waals surface area contributed by atoms with Crippen molar-refractivity contribution in [1.29, 1.82) is 0 Å². The summed E-state index contributed by atoms with van der Waals surface area (Å²) in [7, 11) is 0. The van der Waals surface area contributed by atoms with Gasteiger partial charge in [0.2, 0.25) is 11.8 Å². The van der Waals surface area contributed by atoms with E-state index in [-0.39, 0.29) is 66.0 Å². The third kappa shape index (κ3) is 23.2. The van der Waals surface area contributed by atoms with Crippen molar-refractivity contribution in [3.05, 3.63) is 70.8 Å². The van der Waals surface area contributed by atoms with Crippen LogP contribution < -0.4 is 21.7 Å². The number of piperidine rings is 2. The molecule has 0 radical (unpaired) electrons. The van der Waals surface area contributed by atoms with Crippen LogP contribution in [0.15, 0.2) is 48.5 Å². The zero-order chi connectivity index (χ0) is 48.6. The second-order valence-corrected chi connectivity index (χ2v) is 20.1. The maximum absolute atomic E-state index is 13.0. The van der Waals surface area contributed by atoms with E-state index in [1.807, 2.05) is 52.0 Å². The number of nitrogens with one attached hydrogen (secondary N) is 3. The molecule has 6 N–H and O–H groups in total. The van der Waals surface area contributed by atoms with Gasteiger partial charge in [-0.2, -0.15) is 0 Å². The Morgan fingerprint density at radius 2 is 1.06 bits per heavy atom. The molecule has 4 aliphatic rings. The molecule has 0 bridgehead atoms. The van der Waals surface area contributed by atoms with Gasteiger partial charge in [0.15, 0.2) is 0 Å². The Hall–Kier alpha value is -3.30. The number of rotatable bonds is 19. The number of carboxylic acids is 1. The van der Waals surface area contributed by atoms with Crippen LogP contribution in [0.2, 0.25) is 0 Å². The minimum absolute atomic E-state index is 0. The molecule has 0 aromatic heterocycles. The number of halogens is 2. The maximum atomic E-state index is 13.0. The van der Waals surface area contributed by atoms with Gasteiger partial charge in [-0.05, 0) is 137 Å². The van der Waals surface area contributed by atoms with E-state index in [1.165, 1.54) is 102 Å². The second kappa shape index (κ2) is 34.1. The minimum atomic E-state index is -0.947. The lowest BCUT2D eigenvalue weighted by atomic mass is 9.83. The van der Waals surface area contributed by atoms with E-state index in [2.05, 4.69) is 39.6 Å². The normalized spacial score (nSPS) is 22.9. The smallest absolute Gasteiger partial charge is 0.335 e. The topological polar surface area (TPSA) is 176 Å². The van der Waals surface area contributed by atoms with Gasteiger partial charge in [0, 0.05) is 82.0 Å². The molecule has 69 heavy (non-hydrogen) atoms. The van der Waals surface area contributed by atoms with Gasteiger partial charge < -0.3 is 46.1 Å². The molecule has 2 heterocycles. The number of nitrogens with zero attached hydrogens (tertiary/aromatic N) is 2. The third-order valence-electron chi connectivity index (χ3n) is 13.9. The molecule has 15 heteroatoms. The lowest BCUT2D eigenvalue weighted by molar-refractivity contribution is -0.124. The molecular formula is C54H90Cl2N6O7. The first-order valence-corrected chi connectivity index (χ1v) is 25.9. The molecule has 4 fully saturated rings. The minimum Gasteiger partial charge on any atom is -0.478 e. The fraction of sp³-hybridized carbons (Fsp3) is 0.704. The summed E-state index contributed by atoms with van der Waals surface area (Å²) in [5.41, 5.74) is 9.09. The summed E-state index contributed by atoms with van der Waals surface area (Å²) in [5, 5.41) is 17.7. The fourth-order valence-electron chi connectivity index (χ4n) is 9.80. The molecule has 2 aromatic carbocycles. The summed E-state index contributed by atoms with van der Waals surface area (Å²) in [4.78, 5) is 51.9. The van der Waals surface area contributed by atoms with Crippen molar-refractivity contribution in [2.75, 3.05) is 65.7 Å². The van der Waals surface area contributed by atoms with Crippen LogP contribution in [0.1, 0.15) is 150 Å². The Morgan fingerprint density at radius 1 is 0.623 bits per heavy atom. The number of ether oxygens (including phenoxy) is 2. The van der Waals surface area contributed by atoms with Crippen molar-refractivity contribution in [1.82, 2.24) is 25.8 Å². The Balaban J connectivity index is 0.000000384. The van der Waals surface area contributed by atoms with Crippen LogP contribution in [0.5, 0.6) is 0 Å². The highest BCUT2D eigenvalue weighted by Gasteiger charge is 2.31. The monoisotopic (exact) mass is 1000 g/mol. The van der Waals surface area contributed by atoms with Gasteiger partial charge in [-0.25, -0.2) is 4.79 Å². The number of hydrogen-bond donors (Lipinski definition) is 5. The molecule has 0 spiro atoms. The van der Waals surface area contributed by atoms with Crippen LogP contribution in [-0.4, -0.2) is 116 Å².